The lowest BCUT2D eigenvalue weighted by molar-refractivity contribution is 0.460. The van der Waals surface area contributed by atoms with Crippen molar-refractivity contribution in [2.75, 3.05) is 7.05 Å². The molecular formula is C9H16N4O2S. The van der Waals surface area contributed by atoms with Gasteiger partial charge in [-0.05, 0) is 19.8 Å². The van der Waals surface area contributed by atoms with E-state index in [9.17, 15) is 8.42 Å². The van der Waals surface area contributed by atoms with Crippen LogP contribution in [0.25, 0.3) is 0 Å². The summed E-state index contributed by atoms with van der Waals surface area (Å²) >= 11 is 0. The van der Waals surface area contributed by atoms with Crippen LogP contribution >= 0.6 is 0 Å². The highest BCUT2D eigenvalue weighted by Crippen LogP contribution is 2.31. The minimum Gasteiger partial charge on any atom is -0.326 e. The van der Waals surface area contributed by atoms with Gasteiger partial charge in [0.05, 0.1) is 0 Å². The number of nitrogens with one attached hydrogen (secondary N) is 1. The molecule has 0 atom stereocenters. The highest BCUT2D eigenvalue weighted by molar-refractivity contribution is 7.89. The van der Waals surface area contributed by atoms with Crippen molar-refractivity contribution < 1.29 is 8.42 Å². The molecule has 6 nitrogen and oxygen atoms in total. The lowest BCUT2D eigenvalue weighted by Gasteiger charge is -2.15. The molecule has 1 aromatic rings. The summed E-state index contributed by atoms with van der Waals surface area (Å²) in [5.74, 6) is 0. The van der Waals surface area contributed by atoms with E-state index in [0.717, 1.165) is 12.8 Å². The molecule has 2 rings (SSSR count). The van der Waals surface area contributed by atoms with Crippen molar-refractivity contribution in [3.63, 3.8) is 0 Å². The van der Waals surface area contributed by atoms with Crippen LogP contribution in [0.2, 0.25) is 0 Å². The van der Waals surface area contributed by atoms with E-state index in [2.05, 4.69) is 10.2 Å². The van der Waals surface area contributed by atoms with Crippen molar-refractivity contribution in [1.82, 2.24) is 14.5 Å². The Hall–Kier alpha value is -0.920. The van der Waals surface area contributed by atoms with Gasteiger partial charge in [0.2, 0.25) is 0 Å². The third kappa shape index (κ3) is 1.74. The molecule has 90 valence electrons. The molecule has 16 heavy (non-hydrogen) atoms. The minimum atomic E-state index is -3.49. The molecule has 0 radical (unpaired) electrons. The number of aromatic amines is 1. The quantitative estimate of drug-likeness (QED) is 0.777. The Labute approximate surface area is 94.9 Å². The van der Waals surface area contributed by atoms with E-state index in [4.69, 9.17) is 5.73 Å². The fourth-order valence-corrected chi connectivity index (χ4v) is 3.24. The molecule has 0 aromatic carbocycles. The Morgan fingerprint density at radius 3 is 2.69 bits per heavy atom. The highest BCUT2D eigenvalue weighted by atomic mass is 32.2. The highest BCUT2D eigenvalue weighted by Gasteiger charge is 2.37. The molecule has 1 saturated carbocycles. The average Bonchev–Trinajstić information content (AvgIpc) is 3.00. The Morgan fingerprint density at radius 1 is 1.56 bits per heavy atom. The normalized spacial score (nSPS) is 17.0. The topological polar surface area (TPSA) is 92.1 Å². The summed E-state index contributed by atoms with van der Waals surface area (Å²) in [6.07, 6.45) is 1.86. The molecule has 0 amide bonds. The summed E-state index contributed by atoms with van der Waals surface area (Å²) in [4.78, 5) is 0. The molecule has 0 spiro atoms. The molecule has 1 aromatic heterocycles. The van der Waals surface area contributed by atoms with Crippen molar-refractivity contribution >= 4 is 10.0 Å². The molecule has 0 aliphatic heterocycles. The standard InChI is InChI=1S/C9H16N4O2S/c1-6-8(5-10)9(12-11-6)16(14,15)13(2)7-3-4-7/h7H,3-5,10H2,1-2H3,(H,11,12). The predicted octanol–water partition coefficient (Wildman–Crippen LogP) is -0.0403. The number of aromatic nitrogens is 2. The molecule has 1 aliphatic rings. The summed E-state index contributed by atoms with van der Waals surface area (Å²) in [5, 5.41) is 6.60. The number of rotatable bonds is 4. The van der Waals surface area contributed by atoms with Crippen LogP contribution in [-0.4, -0.2) is 36.0 Å². The summed E-state index contributed by atoms with van der Waals surface area (Å²) in [6, 6.07) is 0.132. The SMILES string of the molecule is Cc1[nH]nc(S(=O)(=O)N(C)C2CC2)c1CN. The fourth-order valence-electron chi connectivity index (χ4n) is 1.65. The lowest BCUT2D eigenvalue weighted by atomic mass is 10.3. The molecule has 1 fully saturated rings. The molecular weight excluding hydrogens is 228 g/mol. The second-order valence-corrected chi connectivity index (χ2v) is 6.00. The van der Waals surface area contributed by atoms with Gasteiger partial charge >= 0.3 is 0 Å². The van der Waals surface area contributed by atoms with Gasteiger partial charge in [-0.1, -0.05) is 0 Å². The van der Waals surface area contributed by atoms with Crippen molar-refractivity contribution in [3.8, 4) is 0 Å². The Balaban J connectivity index is 2.42. The third-order valence-corrected chi connectivity index (χ3v) is 4.81. The van der Waals surface area contributed by atoms with E-state index in [0.29, 0.717) is 11.3 Å². The first-order valence-electron chi connectivity index (χ1n) is 5.20. The van der Waals surface area contributed by atoms with E-state index in [1.807, 2.05) is 0 Å². The lowest BCUT2D eigenvalue weighted by Crippen LogP contribution is -2.30. The van der Waals surface area contributed by atoms with Crippen molar-refractivity contribution in [3.05, 3.63) is 11.3 Å². The number of aryl methyl sites for hydroxylation is 1. The smallest absolute Gasteiger partial charge is 0.262 e. The zero-order valence-electron chi connectivity index (χ0n) is 9.40. The summed E-state index contributed by atoms with van der Waals surface area (Å²) < 4.78 is 25.8. The molecule has 1 heterocycles. The maximum absolute atomic E-state index is 12.2. The van der Waals surface area contributed by atoms with Crippen molar-refractivity contribution in [2.24, 2.45) is 5.73 Å². The molecule has 7 heteroatoms. The molecule has 0 bridgehead atoms. The number of nitrogens with two attached hydrogens (primary N) is 1. The Bertz CT molecular complexity index is 490. The zero-order chi connectivity index (χ0) is 11.9. The van der Waals surface area contributed by atoms with Gasteiger partial charge in [0, 0.05) is 30.9 Å². The number of hydrogen-bond acceptors (Lipinski definition) is 4. The average molecular weight is 244 g/mol. The summed E-state index contributed by atoms with van der Waals surface area (Å²) in [7, 11) is -1.89. The first-order chi connectivity index (χ1) is 7.48. The number of nitrogens with zero attached hydrogens (tertiary/aromatic N) is 2. The first kappa shape index (κ1) is 11.6. The van der Waals surface area contributed by atoms with Crippen LogP contribution in [0.15, 0.2) is 5.03 Å². The molecule has 3 N–H and O–H groups in total. The first-order valence-corrected chi connectivity index (χ1v) is 6.64. The molecule has 0 saturated heterocycles. The van der Waals surface area contributed by atoms with Crippen LogP contribution in [0, 0.1) is 6.92 Å². The van der Waals surface area contributed by atoms with Crippen LogP contribution < -0.4 is 5.73 Å². The van der Waals surface area contributed by atoms with Gasteiger partial charge in [-0.25, -0.2) is 8.42 Å². The van der Waals surface area contributed by atoms with Gasteiger partial charge in [0.25, 0.3) is 10.0 Å². The van der Waals surface area contributed by atoms with Crippen molar-refractivity contribution in [1.29, 1.82) is 0 Å². The Kier molecular flexibility index (Phi) is 2.77. The monoisotopic (exact) mass is 244 g/mol. The van der Waals surface area contributed by atoms with Crippen LogP contribution in [0.5, 0.6) is 0 Å². The van der Waals surface area contributed by atoms with Gasteiger partial charge in [-0.15, -0.1) is 0 Å². The number of hydrogen-bond donors (Lipinski definition) is 2. The Morgan fingerprint density at radius 2 is 2.19 bits per heavy atom. The van der Waals surface area contributed by atoms with Crippen LogP contribution in [0.1, 0.15) is 24.1 Å². The van der Waals surface area contributed by atoms with Gasteiger partial charge in [0.15, 0.2) is 5.03 Å². The molecule has 1 aliphatic carbocycles. The van der Waals surface area contributed by atoms with Crippen molar-refractivity contribution in [2.45, 2.75) is 37.4 Å². The summed E-state index contributed by atoms with van der Waals surface area (Å²) in [5.41, 5.74) is 6.83. The van der Waals surface area contributed by atoms with Gasteiger partial charge in [-0.3, -0.25) is 5.10 Å². The van der Waals surface area contributed by atoms with Crippen LogP contribution in [0.4, 0.5) is 0 Å². The minimum absolute atomic E-state index is 0.0712. The van der Waals surface area contributed by atoms with E-state index in [1.54, 1.807) is 14.0 Å². The molecule has 0 unspecified atom stereocenters. The number of H-pyrrole nitrogens is 1. The van der Waals surface area contributed by atoms with Gasteiger partial charge in [0.1, 0.15) is 0 Å². The second-order valence-electron chi connectivity index (χ2n) is 4.09. The van der Waals surface area contributed by atoms with E-state index >= 15 is 0 Å². The van der Waals surface area contributed by atoms with Gasteiger partial charge < -0.3 is 5.73 Å². The fraction of sp³-hybridized carbons (Fsp3) is 0.667. The predicted molar refractivity (Wildman–Crippen MR) is 59.2 cm³/mol. The third-order valence-electron chi connectivity index (χ3n) is 2.92. The number of sulfonamides is 1. The van der Waals surface area contributed by atoms with Gasteiger partial charge in [-0.2, -0.15) is 9.40 Å². The maximum Gasteiger partial charge on any atom is 0.262 e. The second kappa shape index (κ2) is 3.83. The zero-order valence-corrected chi connectivity index (χ0v) is 10.2. The van der Waals surface area contributed by atoms with E-state index in [1.165, 1.54) is 4.31 Å². The van der Waals surface area contributed by atoms with E-state index in [-0.39, 0.29) is 17.6 Å². The maximum atomic E-state index is 12.2. The largest absolute Gasteiger partial charge is 0.326 e. The van der Waals surface area contributed by atoms with Crippen LogP contribution in [0.3, 0.4) is 0 Å². The van der Waals surface area contributed by atoms with Crippen LogP contribution in [-0.2, 0) is 16.6 Å². The summed E-state index contributed by atoms with van der Waals surface area (Å²) in [6.45, 7) is 1.95. The van der Waals surface area contributed by atoms with E-state index < -0.39 is 10.0 Å².